The zero-order chi connectivity index (χ0) is 15.2. The second-order valence-corrected chi connectivity index (χ2v) is 4.60. The summed E-state index contributed by atoms with van der Waals surface area (Å²) in [5.41, 5.74) is 1.84. The summed E-state index contributed by atoms with van der Waals surface area (Å²) in [6, 6.07) is 9.11. The number of methoxy groups -OCH3 is 1. The van der Waals surface area contributed by atoms with Crippen LogP contribution in [-0.4, -0.2) is 18.3 Å². The van der Waals surface area contributed by atoms with Gasteiger partial charge in [-0.25, -0.2) is 0 Å². The quantitative estimate of drug-likeness (QED) is 0.887. The third-order valence-corrected chi connectivity index (χ3v) is 3.13. The Morgan fingerprint density at radius 2 is 2.05 bits per heavy atom. The maximum atomic E-state index is 11.4. The van der Waals surface area contributed by atoms with E-state index >= 15 is 0 Å². The van der Waals surface area contributed by atoms with Crippen molar-refractivity contribution in [1.29, 1.82) is 0 Å². The fourth-order valence-electron chi connectivity index (χ4n) is 2.10. The van der Waals surface area contributed by atoms with Crippen molar-refractivity contribution in [2.24, 2.45) is 7.05 Å². The molecular weight excluding hydrogens is 268 g/mol. The van der Waals surface area contributed by atoms with Gasteiger partial charge in [0.15, 0.2) is 11.5 Å². The van der Waals surface area contributed by atoms with Gasteiger partial charge in [0.25, 0.3) is 0 Å². The number of pyridine rings is 1. The molecule has 2 rings (SSSR count). The van der Waals surface area contributed by atoms with Gasteiger partial charge in [0.1, 0.15) is 0 Å². The molecule has 0 spiro atoms. The SMILES string of the molecule is CCOc1cccc(CNc2ccc(=O)n(C)c2)c1OC. The Kier molecular flexibility index (Phi) is 4.87. The van der Waals surface area contributed by atoms with Crippen LogP contribution < -0.4 is 20.3 Å². The highest BCUT2D eigenvalue weighted by atomic mass is 16.5. The molecule has 1 aromatic heterocycles. The van der Waals surface area contributed by atoms with Gasteiger partial charge in [-0.05, 0) is 19.1 Å². The standard InChI is InChI=1S/C16H20N2O3/c1-4-21-14-7-5-6-12(16(14)20-3)10-17-13-8-9-15(19)18(2)11-13/h5-9,11,17H,4,10H2,1-3H3. The summed E-state index contributed by atoms with van der Waals surface area (Å²) in [4.78, 5) is 11.4. The zero-order valence-electron chi connectivity index (χ0n) is 12.6. The number of rotatable bonds is 6. The monoisotopic (exact) mass is 288 g/mol. The van der Waals surface area contributed by atoms with Crippen molar-refractivity contribution in [3.8, 4) is 11.5 Å². The Morgan fingerprint density at radius 3 is 2.71 bits per heavy atom. The molecular formula is C16H20N2O3. The summed E-state index contributed by atoms with van der Waals surface area (Å²) in [6.07, 6.45) is 1.77. The van der Waals surface area contributed by atoms with Gasteiger partial charge in [0.05, 0.1) is 19.4 Å². The van der Waals surface area contributed by atoms with Gasteiger partial charge in [-0.1, -0.05) is 12.1 Å². The summed E-state index contributed by atoms with van der Waals surface area (Å²) in [5, 5.41) is 3.28. The van der Waals surface area contributed by atoms with Crippen LogP contribution in [0.4, 0.5) is 5.69 Å². The summed E-state index contributed by atoms with van der Waals surface area (Å²) in [5.74, 6) is 1.47. The zero-order valence-corrected chi connectivity index (χ0v) is 12.6. The summed E-state index contributed by atoms with van der Waals surface area (Å²) in [6.45, 7) is 3.12. The van der Waals surface area contributed by atoms with Crippen molar-refractivity contribution in [2.45, 2.75) is 13.5 Å². The van der Waals surface area contributed by atoms with E-state index in [2.05, 4.69) is 5.32 Å². The Balaban J connectivity index is 2.17. The average Bonchev–Trinajstić information content (AvgIpc) is 2.49. The molecule has 0 atom stereocenters. The van der Waals surface area contributed by atoms with E-state index in [-0.39, 0.29) is 5.56 Å². The second-order valence-electron chi connectivity index (χ2n) is 4.60. The fourth-order valence-corrected chi connectivity index (χ4v) is 2.10. The van der Waals surface area contributed by atoms with Crippen LogP contribution in [0.3, 0.4) is 0 Å². The summed E-state index contributed by atoms with van der Waals surface area (Å²) >= 11 is 0. The molecule has 0 aliphatic carbocycles. The molecule has 112 valence electrons. The molecule has 0 unspecified atom stereocenters. The highest BCUT2D eigenvalue weighted by Gasteiger charge is 2.09. The minimum Gasteiger partial charge on any atom is -0.493 e. The third kappa shape index (κ3) is 3.56. The number of hydrogen-bond acceptors (Lipinski definition) is 4. The topological polar surface area (TPSA) is 52.5 Å². The van der Waals surface area contributed by atoms with Crippen LogP contribution in [0.15, 0.2) is 41.3 Å². The Labute approximate surface area is 124 Å². The van der Waals surface area contributed by atoms with Crippen molar-refractivity contribution in [3.05, 3.63) is 52.4 Å². The second kappa shape index (κ2) is 6.83. The van der Waals surface area contributed by atoms with Crippen molar-refractivity contribution in [2.75, 3.05) is 19.0 Å². The van der Waals surface area contributed by atoms with E-state index in [0.717, 1.165) is 22.7 Å². The number of benzene rings is 1. The van der Waals surface area contributed by atoms with Crippen molar-refractivity contribution in [1.82, 2.24) is 4.57 Å². The predicted octanol–water partition coefficient (Wildman–Crippen LogP) is 2.40. The van der Waals surface area contributed by atoms with Crippen LogP contribution in [0.2, 0.25) is 0 Å². The minimum atomic E-state index is -0.0310. The number of aryl methyl sites for hydroxylation is 1. The largest absolute Gasteiger partial charge is 0.493 e. The first-order valence-electron chi connectivity index (χ1n) is 6.85. The van der Waals surface area contributed by atoms with Crippen molar-refractivity contribution < 1.29 is 9.47 Å². The van der Waals surface area contributed by atoms with Gasteiger partial charge in [-0.15, -0.1) is 0 Å². The molecule has 0 aliphatic heterocycles. The molecule has 0 fully saturated rings. The van der Waals surface area contributed by atoms with E-state index in [0.29, 0.717) is 13.2 Å². The molecule has 0 saturated heterocycles. The first kappa shape index (κ1) is 15.0. The molecule has 0 radical (unpaired) electrons. The summed E-state index contributed by atoms with van der Waals surface area (Å²) < 4.78 is 12.5. The molecule has 0 saturated carbocycles. The average molecular weight is 288 g/mol. The van der Waals surface area contributed by atoms with Gasteiger partial charge < -0.3 is 19.4 Å². The van der Waals surface area contributed by atoms with Crippen molar-refractivity contribution in [3.63, 3.8) is 0 Å². The smallest absolute Gasteiger partial charge is 0.250 e. The van der Waals surface area contributed by atoms with Gasteiger partial charge in [0.2, 0.25) is 5.56 Å². The number of ether oxygens (including phenoxy) is 2. The molecule has 5 heteroatoms. The number of nitrogens with zero attached hydrogens (tertiary/aromatic N) is 1. The molecule has 0 aliphatic rings. The van der Waals surface area contributed by atoms with Crippen molar-refractivity contribution >= 4 is 5.69 Å². The fraction of sp³-hybridized carbons (Fsp3) is 0.312. The van der Waals surface area contributed by atoms with Crippen LogP contribution in [-0.2, 0) is 13.6 Å². The first-order valence-corrected chi connectivity index (χ1v) is 6.85. The van der Waals surface area contributed by atoms with E-state index in [1.165, 1.54) is 10.6 Å². The van der Waals surface area contributed by atoms with Crippen LogP contribution in [0, 0.1) is 0 Å². The number of nitrogens with one attached hydrogen (secondary N) is 1. The van der Waals surface area contributed by atoms with Crippen LogP contribution in [0.5, 0.6) is 11.5 Å². The van der Waals surface area contributed by atoms with E-state index in [1.54, 1.807) is 26.4 Å². The Hall–Kier alpha value is -2.43. The van der Waals surface area contributed by atoms with E-state index in [4.69, 9.17) is 9.47 Å². The highest BCUT2D eigenvalue weighted by molar-refractivity contribution is 5.49. The lowest BCUT2D eigenvalue weighted by Crippen LogP contribution is -2.15. The lowest BCUT2D eigenvalue weighted by molar-refractivity contribution is 0.309. The van der Waals surface area contributed by atoms with Crippen LogP contribution in [0.25, 0.3) is 0 Å². The number of aromatic nitrogens is 1. The molecule has 2 aromatic rings. The molecule has 0 amide bonds. The molecule has 21 heavy (non-hydrogen) atoms. The normalized spacial score (nSPS) is 10.2. The first-order chi connectivity index (χ1) is 10.2. The van der Waals surface area contributed by atoms with Gasteiger partial charge in [-0.2, -0.15) is 0 Å². The van der Waals surface area contributed by atoms with E-state index in [9.17, 15) is 4.79 Å². The molecule has 1 heterocycles. The number of para-hydroxylation sites is 1. The molecule has 5 nitrogen and oxygen atoms in total. The maximum Gasteiger partial charge on any atom is 0.250 e. The molecule has 0 bridgehead atoms. The predicted molar refractivity (Wildman–Crippen MR) is 83.2 cm³/mol. The molecule has 1 aromatic carbocycles. The Morgan fingerprint density at radius 1 is 1.24 bits per heavy atom. The molecule has 1 N–H and O–H groups in total. The van der Waals surface area contributed by atoms with E-state index < -0.39 is 0 Å². The summed E-state index contributed by atoms with van der Waals surface area (Å²) in [7, 11) is 3.36. The highest BCUT2D eigenvalue weighted by Crippen LogP contribution is 2.31. The lowest BCUT2D eigenvalue weighted by atomic mass is 10.2. The van der Waals surface area contributed by atoms with Gasteiger partial charge >= 0.3 is 0 Å². The van der Waals surface area contributed by atoms with Gasteiger partial charge in [0, 0.05) is 31.4 Å². The number of anilines is 1. The lowest BCUT2D eigenvalue weighted by Gasteiger charge is -2.14. The number of hydrogen-bond donors (Lipinski definition) is 1. The Bertz CT molecular complexity index is 665. The minimum absolute atomic E-state index is 0.0310. The van der Waals surface area contributed by atoms with Crippen LogP contribution >= 0.6 is 0 Å². The van der Waals surface area contributed by atoms with E-state index in [1.807, 2.05) is 25.1 Å². The van der Waals surface area contributed by atoms with Crippen LogP contribution in [0.1, 0.15) is 12.5 Å². The van der Waals surface area contributed by atoms with Gasteiger partial charge in [-0.3, -0.25) is 4.79 Å². The third-order valence-electron chi connectivity index (χ3n) is 3.13. The maximum absolute atomic E-state index is 11.4.